The number of carbonyl (C=O) groups is 2. The van der Waals surface area contributed by atoms with Gasteiger partial charge in [0, 0.05) is 31.7 Å². The van der Waals surface area contributed by atoms with Gasteiger partial charge in [-0.2, -0.15) is 0 Å². The second kappa shape index (κ2) is 8.73. The maximum atomic E-state index is 13.0. The van der Waals surface area contributed by atoms with E-state index in [0.29, 0.717) is 31.7 Å². The van der Waals surface area contributed by atoms with Gasteiger partial charge in [0.1, 0.15) is 5.82 Å². The lowest BCUT2D eigenvalue weighted by atomic mass is 10.1. The highest BCUT2D eigenvalue weighted by molar-refractivity contribution is 7.91. The van der Waals surface area contributed by atoms with Crippen LogP contribution >= 0.6 is 0 Å². The minimum Gasteiger partial charge on any atom is -0.339 e. The quantitative estimate of drug-likeness (QED) is 0.746. The maximum Gasteiger partial charge on any atom is 0.253 e. The van der Waals surface area contributed by atoms with Gasteiger partial charge in [-0.05, 0) is 42.0 Å². The van der Waals surface area contributed by atoms with E-state index in [-0.39, 0.29) is 34.7 Å². The average molecular weight is 418 g/mol. The predicted octanol–water partition coefficient (Wildman–Crippen LogP) is 2.15. The first-order valence-electron chi connectivity index (χ1n) is 9.44. The van der Waals surface area contributed by atoms with Crippen LogP contribution < -0.4 is 0 Å². The Kier molecular flexibility index (Phi) is 6.32. The summed E-state index contributed by atoms with van der Waals surface area (Å²) in [5.74, 6) is -0.573. The normalized spacial score (nSPS) is 14.7. The molecule has 0 N–H and O–H groups in total. The molecule has 0 aliphatic carbocycles. The Hall–Kier alpha value is -2.74. The van der Waals surface area contributed by atoms with Gasteiger partial charge >= 0.3 is 0 Å². The Morgan fingerprint density at radius 2 is 1.45 bits per heavy atom. The van der Waals surface area contributed by atoms with Crippen LogP contribution in [0.3, 0.4) is 0 Å². The van der Waals surface area contributed by atoms with Crippen LogP contribution in [-0.2, 0) is 21.1 Å². The van der Waals surface area contributed by atoms with Crippen molar-refractivity contribution in [3.63, 3.8) is 0 Å². The summed E-state index contributed by atoms with van der Waals surface area (Å²) in [7, 11) is -3.30. The zero-order valence-electron chi connectivity index (χ0n) is 16.2. The van der Waals surface area contributed by atoms with E-state index in [1.165, 1.54) is 36.4 Å². The molecule has 2 amide bonds. The summed E-state index contributed by atoms with van der Waals surface area (Å²) >= 11 is 0. The van der Waals surface area contributed by atoms with Gasteiger partial charge in [-0.3, -0.25) is 9.59 Å². The molecule has 1 fully saturated rings. The molecule has 2 aromatic rings. The number of amides is 2. The fourth-order valence-corrected chi connectivity index (χ4v) is 4.09. The molecule has 0 saturated carbocycles. The molecule has 0 bridgehead atoms. The summed E-state index contributed by atoms with van der Waals surface area (Å²) in [5.41, 5.74) is 1.17. The molecule has 0 aromatic heterocycles. The molecule has 0 atom stereocenters. The summed E-state index contributed by atoms with van der Waals surface area (Å²) in [4.78, 5) is 28.7. The largest absolute Gasteiger partial charge is 0.339 e. The van der Waals surface area contributed by atoms with Crippen molar-refractivity contribution < 1.29 is 22.4 Å². The first-order valence-corrected chi connectivity index (χ1v) is 11.1. The molecule has 0 spiro atoms. The lowest BCUT2D eigenvalue weighted by Crippen LogP contribution is -2.51. The molecule has 0 radical (unpaired) electrons. The van der Waals surface area contributed by atoms with Gasteiger partial charge in [0.25, 0.3) is 5.91 Å². The summed E-state index contributed by atoms with van der Waals surface area (Å²) in [6.07, 6.45) is 0.196. The number of benzene rings is 2. The number of hydrogen-bond acceptors (Lipinski definition) is 4. The van der Waals surface area contributed by atoms with Gasteiger partial charge < -0.3 is 9.80 Å². The number of rotatable bonds is 5. The Morgan fingerprint density at radius 1 is 0.897 bits per heavy atom. The summed E-state index contributed by atoms with van der Waals surface area (Å²) in [6, 6.07) is 11.8. The zero-order chi connectivity index (χ0) is 21.0. The van der Waals surface area contributed by atoms with Gasteiger partial charge in [0.05, 0.1) is 17.1 Å². The molecule has 154 valence electrons. The van der Waals surface area contributed by atoms with Crippen molar-refractivity contribution in [3.8, 4) is 0 Å². The van der Waals surface area contributed by atoms with Gasteiger partial charge in [0.2, 0.25) is 5.91 Å². The van der Waals surface area contributed by atoms with Crippen molar-refractivity contribution >= 4 is 21.7 Å². The van der Waals surface area contributed by atoms with E-state index in [2.05, 4.69) is 0 Å². The SMILES string of the molecule is CCS(=O)(=O)c1ccc(C(=O)N2CCN(C(=O)Cc3ccc(F)cc3)CC2)cc1. The highest BCUT2D eigenvalue weighted by Gasteiger charge is 2.25. The standard InChI is InChI=1S/C21H23FN2O4S/c1-2-29(27,28)19-9-5-17(6-10-19)21(26)24-13-11-23(12-14-24)20(25)15-16-3-7-18(22)8-4-16/h3-10H,2,11-15H2,1H3. The maximum absolute atomic E-state index is 13.0. The molecule has 1 heterocycles. The summed E-state index contributed by atoms with van der Waals surface area (Å²) in [5, 5.41) is 0. The van der Waals surface area contributed by atoms with Crippen molar-refractivity contribution in [3.05, 3.63) is 65.5 Å². The Labute approximate surface area is 169 Å². The smallest absolute Gasteiger partial charge is 0.253 e. The third kappa shape index (κ3) is 5.00. The van der Waals surface area contributed by atoms with E-state index in [1.54, 1.807) is 28.9 Å². The number of nitrogens with zero attached hydrogens (tertiary/aromatic N) is 2. The van der Waals surface area contributed by atoms with Crippen molar-refractivity contribution in [1.29, 1.82) is 0 Å². The van der Waals surface area contributed by atoms with Crippen molar-refractivity contribution in [2.75, 3.05) is 31.9 Å². The predicted molar refractivity (Wildman–Crippen MR) is 107 cm³/mol. The number of halogens is 1. The van der Waals surface area contributed by atoms with Crippen LogP contribution in [0.5, 0.6) is 0 Å². The van der Waals surface area contributed by atoms with Crippen molar-refractivity contribution in [2.45, 2.75) is 18.2 Å². The second-order valence-electron chi connectivity index (χ2n) is 6.90. The number of piperazine rings is 1. The fourth-order valence-electron chi connectivity index (χ4n) is 3.20. The molecule has 1 saturated heterocycles. The van der Waals surface area contributed by atoms with Gasteiger partial charge in [0.15, 0.2) is 9.84 Å². The summed E-state index contributed by atoms with van der Waals surface area (Å²) in [6.45, 7) is 3.24. The van der Waals surface area contributed by atoms with Gasteiger partial charge in [-0.1, -0.05) is 19.1 Å². The zero-order valence-corrected chi connectivity index (χ0v) is 17.0. The molecule has 29 heavy (non-hydrogen) atoms. The monoisotopic (exact) mass is 418 g/mol. The lowest BCUT2D eigenvalue weighted by Gasteiger charge is -2.35. The number of hydrogen-bond donors (Lipinski definition) is 0. The molecule has 1 aliphatic heterocycles. The van der Waals surface area contributed by atoms with E-state index < -0.39 is 9.84 Å². The summed E-state index contributed by atoms with van der Waals surface area (Å²) < 4.78 is 36.7. The Morgan fingerprint density at radius 3 is 2.00 bits per heavy atom. The van der Waals surface area contributed by atoms with Crippen LogP contribution in [0.2, 0.25) is 0 Å². The minimum absolute atomic E-state index is 0.00814. The highest BCUT2D eigenvalue weighted by atomic mass is 32.2. The second-order valence-corrected chi connectivity index (χ2v) is 9.18. The topological polar surface area (TPSA) is 74.8 Å². The molecular weight excluding hydrogens is 395 g/mol. The Bertz CT molecular complexity index is 980. The van der Waals surface area contributed by atoms with Crippen LogP contribution in [0.4, 0.5) is 4.39 Å². The van der Waals surface area contributed by atoms with E-state index >= 15 is 0 Å². The van der Waals surface area contributed by atoms with Crippen LogP contribution in [0.15, 0.2) is 53.4 Å². The van der Waals surface area contributed by atoms with Gasteiger partial charge in [-0.25, -0.2) is 12.8 Å². The van der Waals surface area contributed by atoms with Crippen LogP contribution in [0.25, 0.3) is 0 Å². The van der Waals surface area contributed by atoms with Crippen molar-refractivity contribution in [2.24, 2.45) is 0 Å². The first kappa shape index (κ1) is 21.0. The molecule has 2 aromatic carbocycles. The van der Waals surface area contributed by atoms with E-state index in [1.807, 2.05) is 0 Å². The average Bonchev–Trinajstić information content (AvgIpc) is 2.75. The number of sulfone groups is 1. The van der Waals surface area contributed by atoms with E-state index in [0.717, 1.165) is 5.56 Å². The van der Waals surface area contributed by atoms with Crippen LogP contribution in [-0.4, -0.2) is 62.0 Å². The van der Waals surface area contributed by atoms with E-state index in [4.69, 9.17) is 0 Å². The molecule has 6 nitrogen and oxygen atoms in total. The first-order chi connectivity index (χ1) is 13.8. The lowest BCUT2D eigenvalue weighted by molar-refractivity contribution is -0.131. The van der Waals surface area contributed by atoms with E-state index in [9.17, 15) is 22.4 Å². The molecule has 0 unspecified atom stereocenters. The van der Waals surface area contributed by atoms with Crippen LogP contribution in [0, 0.1) is 5.82 Å². The van der Waals surface area contributed by atoms with Crippen molar-refractivity contribution in [1.82, 2.24) is 9.80 Å². The minimum atomic E-state index is -3.30. The third-order valence-corrected chi connectivity index (χ3v) is 6.78. The molecule has 1 aliphatic rings. The fraction of sp³-hybridized carbons (Fsp3) is 0.333. The van der Waals surface area contributed by atoms with Gasteiger partial charge in [-0.15, -0.1) is 0 Å². The Balaban J connectivity index is 1.56. The molecule has 3 rings (SSSR count). The molecule has 8 heteroatoms. The highest BCUT2D eigenvalue weighted by Crippen LogP contribution is 2.15. The molecular formula is C21H23FN2O4S. The number of carbonyl (C=O) groups excluding carboxylic acids is 2. The van der Waals surface area contributed by atoms with Crippen LogP contribution in [0.1, 0.15) is 22.8 Å². The third-order valence-electron chi connectivity index (χ3n) is 5.03.